The zero-order valence-electron chi connectivity index (χ0n) is 19.3. The van der Waals surface area contributed by atoms with E-state index in [0.717, 1.165) is 47.0 Å². The number of fused-ring (bicyclic) bond motifs is 1. The largest absolute Gasteiger partial charge is 0.492 e. The molecule has 8 nitrogen and oxygen atoms in total. The van der Waals surface area contributed by atoms with E-state index in [-0.39, 0.29) is 17.7 Å². The van der Waals surface area contributed by atoms with Crippen LogP contribution < -0.4 is 14.8 Å². The average molecular weight is 452 g/mol. The number of carbonyl (C=O) groups is 1. The first-order valence-electron chi connectivity index (χ1n) is 11.7. The molecule has 0 saturated heterocycles. The van der Waals surface area contributed by atoms with Crippen LogP contribution in [0.3, 0.4) is 0 Å². The van der Waals surface area contributed by atoms with Gasteiger partial charge in [-0.3, -0.25) is 14.7 Å². The lowest BCUT2D eigenvalue weighted by Crippen LogP contribution is -2.43. The number of hydrogen-bond acceptors (Lipinski definition) is 5. The fraction of sp³-hybridized carbons (Fsp3) is 0.480. The molecule has 2 aliphatic rings. The van der Waals surface area contributed by atoms with Crippen LogP contribution in [0.25, 0.3) is 10.9 Å². The second-order valence-corrected chi connectivity index (χ2v) is 9.80. The number of aliphatic hydroxyl groups is 1. The standard InChI is InChI=1S/C25H30N4O4/c1-4-33-23-13-19-16(14-28(27-19)18-11-17(12-18)25(2,3)31)10-20(23)26-24(30)22-7-5-6-21(29(22)32)15-8-9-15/h5-7,10,13-15,17-18,31H,4,8-9,11-12H2,1-3H3,(H-,26,30,32)/p+1/t17-,18+. The number of nitrogens with zero attached hydrogens (tertiary/aromatic N) is 3. The van der Waals surface area contributed by atoms with Crippen molar-refractivity contribution in [2.75, 3.05) is 11.9 Å². The smallest absolute Gasteiger partial charge is 0.325 e. The third kappa shape index (κ3) is 4.15. The highest BCUT2D eigenvalue weighted by Gasteiger charge is 2.40. The van der Waals surface area contributed by atoms with Gasteiger partial charge in [0.05, 0.1) is 29.5 Å². The number of rotatable bonds is 7. The molecule has 2 heterocycles. The van der Waals surface area contributed by atoms with Crippen LogP contribution >= 0.6 is 0 Å². The Bertz CT molecular complexity index is 1200. The van der Waals surface area contributed by atoms with E-state index in [1.807, 2.05) is 49.8 Å². The molecular formula is C25H31N4O4+. The van der Waals surface area contributed by atoms with Gasteiger partial charge in [0.1, 0.15) is 5.75 Å². The molecule has 2 fully saturated rings. The predicted octanol–water partition coefficient (Wildman–Crippen LogP) is 3.81. The van der Waals surface area contributed by atoms with Gasteiger partial charge in [-0.25, -0.2) is 0 Å². The van der Waals surface area contributed by atoms with Gasteiger partial charge in [-0.05, 0) is 64.5 Å². The van der Waals surface area contributed by atoms with Gasteiger partial charge >= 0.3 is 11.6 Å². The van der Waals surface area contributed by atoms with Gasteiger partial charge in [0.2, 0.25) is 5.69 Å². The molecule has 5 rings (SSSR count). The van der Waals surface area contributed by atoms with E-state index < -0.39 is 11.5 Å². The van der Waals surface area contributed by atoms with Gasteiger partial charge in [-0.15, -0.1) is 0 Å². The van der Waals surface area contributed by atoms with Gasteiger partial charge in [0.25, 0.3) is 0 Å². The molecule has 1 aromatic carbocycles. The highest BCUT2D eigenvalue weighted by atomic mass is 16.5. The number of benzene rings is 1. The zero-order valence-corrected chi connectivity index (χ0v) is 19.3. The van der Waals surface area contributed by atoms with Crippen molar-refractivity contribution in [1.82, 2.24) is 9.78 Å². The van der Waals surface area contributed by atoms with Crippen LogP contribution in [0.15, 0.2) is 36.5 Å². The Kier molecular flexibility index (Phi) is 5.28. The SMILES string of the molecule is CCOc1cc2nn([C@H]3C[C@@H](C(C)(C)O)C3)cc2cc1NC(=O)c1cccc(C2CC2)[n+]1O. The first-order valence-corrected chi connectivity index (χ1v) is 11.7. The minimum absolute atomic E-state index is 0.185. The summed E-state index contributed by atoms with van der Waals surface area (Å²) < 4.78 is 8.74. The first kappa shape index (κ1) is 21.7. The summed E-state index contributed by atoms with van der Waals surface area (Å²) in [6, 6.07) is 9.20. The Balaban J connectivity index is 1.41. The summed E-state index contributed by atoms with van der Waals surface area (Å²) >= 11 is 0. The molecule has 2 aromatic heterocycles. The van der Waals surface area contributed by atoms with E-state index in [2.05, 4.69) is 5.32 Å². The molecule has 0 radical (unpaired) electrons. The molecule has 0 atom stereocenters. The fourth-order valence-corrected chi connectivity index (χ4v) is 4.58. The summed E-state index contributed by atoms with van der Waals surface area (Å²) in [5.74, 6) is 0.709. The highest BCUT2D eigenvalue weighted by molar-refractivity contribution is 6.04. The van der Waals surface area contributed by atoms with Crippen LogP contribution in [-0.4, -0.2) is 38.2 Å². The number of amides is 1. The van der Waals surface area contributed by atoms with Gasteiger partial charge in [0, 0.05) is 40.4 Å². The van der Waals surface area contributed by atoms with E-state index in [1.165, 1.54) is 0 Å². The molecular weight excluding hydrogens is 420 g/mol. The number of carbonyl (C=O) groups excluding carboxylic acids is 1. The second kappa shape index (κ2) is 8.02. The molecule has 2 aliphatic carbocycles. The maximum atomic E-state index is 13.0. The van der Waals surface area contributed by atoms with Gasteiger partial charge < -0.3 is 15.2 Å². The van der Waals surface area contributed by atoms with Crippen LogP contribution in [0.4, 0.5) is 5.69 Å². The molecule has 1 amide bonds. The maximum absolute atomic E-state index is 13.0. The van der Waals surface area contributed by atoms with Crippen LogP contribution in [-0.2, 0) is 0 Å². The fourth-order valence-electron chi connectivity index (χ4n) is 4.58. The number of aromatic nitrogens is 3. The Morgan fingerprint density at radius 1 is 1.30 bits per heavy atom. The third-order valence-corrected chi connectivity index (χ3v) is 6.88. The third-order valence-electron chi connectivity index (χ3n) is 6.88. The quantitative estimate of drug-likeness (QED) is 0.375. The Hall–Kier alpha value is -3.13. The molecule has 0 unspecified atom stereocenters. The van der Waals surface area contributed by atoms with Gasteiger partial charge in [0.15, 0.2) is 0 Å². The normalized spacial score (nSPS) is 20.5. The predicted molar refractivity (Wildman–Crippen MR) is 123 cm³/mol. The number of anilines is 1. The number of nitrogens with one attached hydrogen (secondary N) is 1. The number of pyridine rings is 1. The lowest BCUT2D eigenvalue weighted by atomic mass is 9.71. The summed E-state index contributed by atoms with van der Waals surface area (Å²) in [6.45, 7) is 6.04. The Labute approximate surface area is 192 Å². The van der Waals surface area contributed by atoms with Crippen molar-refractivity contribution in [3.05, 3.63) is 47.9 Å². The van der Waals surface area contributed by atoms with E-state index in [0.29, 0.717) is 24.0 Å². The molecule has 0 aliphatic heterocycles. The maximum Gasteiger partial charge on any atom is 0.325 e. The Morgan fingerprint density at radius 3 is 2.73 bits per heavy atom. The summed E-state index contributed by atoms with van der Waals surface area (Å²) in [5.41, 5.74) is 1.59. The topological polar surface area (TPSA) is 100 Å². The molecule has 0 bridgehead atoms. The minimum atomic E-state index is -0.678. The molecule has 3 aromatic rings. The zero-order chi connectivity index (χ0) is 23.3. The van der Waals surface area contributed by atoms with Crippen molar-refractivity contribution in [2.45, 2.75) is 64.0 Å². The molecule has 33 heavy (non-hydrogen) atoms. The van der Waals surface area contributed by atoms with Crippen molar-refractivity contribution in [1.29, 1.82) is 0 Å². The average Bonchev–Trinajstić information content (AvgIpc) is 3.47. The molecule has 3 N–H and O–H groups in total. The second-order valence-electron chi connectivity index (χ2n) is 9.80. The summed E-state index contributed by atoms with van der Waals surface area (Å²) in [5, 5.41) is 29.3. The summed E-state index contributed by atoms with van der Waals surface area (Å²) in [6.07, 6.45) is 5.79. The van der Waals surface area contributed by atoms with Crippen molar-refractivity contribution in [2.24, 2.45) is 5.92 Å². The van der Waals surface area contributed by atoms with Gasteiger partial charge in [-0.2, -0.15) is 5.10 Å². The van der Waals surface area contributed by atoms with Crippen molar-refractivity contribution >= 4 is 22.5 Å². The summed E-state index contributed by atoms with van der Waals surface area (Å²) in [4.78, 5) is 13.0. The number of ether oxygens (including phenoxy) is 1. The lowest BCUT2D eigenvalue weighted by Gasteiger charge is -2.42. The van der Waals surface area contributed by atoms with E-state index in [9.17, 15) is 15.1 Å². The first-order chi connectivity index (χ1) is 15.7. The van der Waals surface area contributed by atoms with E-state index in [1.54, 1.807) is 12.1 Å². The number of hydrogen-bond donors (Lipinski definition) is 3. The lowest BCUT2D eigenvalue weighted by molar-refractivity contribution is -0.910. The van der Waals surface area contributed by atoms with Crippen molar-refractivity contribution in [3.8, 4) is 5.75 Å². The van der Waals surface area contributed by atoms with E-state index >= 15 is 0 Å². The molecule has 0 spiro atoms. The molecule has 8 heteroatoms. The van der Waals surface area contributed by atoms with Crippen molar-refractivity contribution in [3.63, 3.8) is 0 Å². The van der Waals surface area contributed by atoms with Crippen LogP contribution in [0.2, 0.25) is 0 Å². The van der Waals surface area contributed by atoms with Crippen LogP contribution in [0.5, 0.6) is 5.75 Å². The summed E-state index contributed by atoms with van der Waals surface area (Å²) in [7, 11) is 0. The monoisotopic (exact) mass is 451 g/mol. The highest BCUT2D eigenvalue weighted by Crippen LogP contribution is 2.44. The van der Waals surface area contributed by atoms with Crippen molar-refractivity contribution < 1.29 is 24.6 Å². The van der Waals surface area contributed by atoms with Gasteiger partial charge in [-0.1, -0.05) is 0 Å². The van der Waals surface area contributed by atoms with Crippen LogP contribution in [0, 0.1) is 5.92 Å². The molecule has 2 saturated carbocycles. The molecule has 174 valence electrons. The Morgan fingerprint density at radius 2 is 2.06 bits per heavy atom. The van der Waals surface area contributed by atoms with Crippen LogP contribution in [0.1, 0.15) is 74.6 Å². The van der Waals surface area contributed by atoms with E-state index in [4.69, 9.17) is 9.84 Å². The minimum Gasteiger partial charge on any atom is -0.492 e.